The van der Waals surface area contributed by atoms with Gasteiger partial charge in [0.2, 0.25) is 11.9 Å². The molecule has 0 aliphatic carbocycles. The monoisotopic (exact) mass is 405 g/mol. The van der Waals surface area contributed by atoms with E-state index in [1.165, 1.54) is 12.0 Å². The highest BCUT2D eigenvalue weighted by atomic mass is 16.5. The maximum absolute atomic E-state index is 13.0. The molecule has 1 heterocycles. The molecular formula is C22H23N5O3. The highest BCUT2D eigenvalue weighted by Crippen LogP contribution is 2.23. The van der Waals surface area contributed by atoms with Crippen LogP contribution >= 0.6 is 0 Å². The van der Waals surface area contributed by atoms with Gasteiger partial charge in [-0.25, -0.2) is 9.97 Å². The Labute approximate surface area is 174 Å². The second-order valence-corrected chi connectivity index (χ2v) is 6.35. The van der Waals surface area contributed by atoms with Crippen molar-refractivity contribution in [1.29, 1.82) is 0 Å². The summed E-state index contributed by atoms with van der Waals surface area (Å²) in [5.41, 5.74) is 1.70. The first kappa shape index (κ1) is 20.8. The highest BCUT2D eigenvalue weighted by Gasteiger charge is 2.18. The van der Waals surface area contributed by atoms with Gasteiger partial charge in [0.15, 0.2) is 0 Å². The molecule has 0 radical (unpaired) electrons. The van der Waals surface area contributed by atoms with Gasteiger partial charge in [0.1, 0.15) is 12.3 Å². The van der Waals surface area contributed by atoms with Crippen LogP contribution in [0.3, 0.4) is 0 Å². The summed E-state index contributed by atoms with van der Waals surface area (Å²) < 4.78 is 5.24. The van der Waals surface area contributed by atoms with Gasteiger partial charge in [-0.15, -0.1) is 0 Å². The minimum atomic E-state index is -0.304. The number of likely N-dealkylation sites (N-methyl/N-ethyl adjacent to an activating group) is 1. The van der Waals surface area contributed by atoms with Crippen LogP contribution in [0.1, 0.15) is 17.3 Å². The molecule has 8 nitrogen and oxygen atoms in total. The first-order valence-corrected chi connectivity index (χ1v) is 9.47. The fraction of sp³-hybridized carbons (Fsp3) is 0.182. The van der Waals surface area contributed by atoms with Crippen molar-refractivity contribution in [3.63, 3.8) is 0 Å². The summed E-state index contributed by atoms with van der Waals surface area (Å²) in [4.78, 5) is 35.2. The van der Waals surface area contributed by atoms with E-state index in [1.54, 1.807) is 54.9 Å². The number of hydrogen-bond acceptors (Lipinski definition) is 6. The smallest absolute Gasteiger partial charge is 0.254 e. The Morgan fingerprint density at radius 3 is 2.53 bits per heavy atom. The summed E-state index contributed by atoms with van der Waals surface area (Å²) >= 11 is 0. The quantitative estimate of drug-likeness (QED) is 0.597. The average Bonchev–Trinajstić information content (AvgIpc) is 2.78. The van der Waals surface area contributed by atoms with Crippen LogP contribution in [-0.4, -0.2) is 46.9 Å². The minimum Gasteiger partial charge on any atom is -0.495 e. The van der Waals surface area contributed by atoms with E-state index in [0.29, 0.717) is 35.2 Å². The summed E-state index contributed by atoms with van der Waals surface area (Å²) in [6.45, 7) is 2.14. The summed E-state index contributed by atoms with van der Waals surface area (Å²) in [6, 6.07) is 15.8. The number of carbonyl (C=O) groups is 2. The number of aromatic nitrogens is 2. The van der Waals surface area contributed by atoms with Crippen LogP contribution in [0.15, 0.2) is 67.0 Å². The van der Waals surface area contributed by atoms with Gasteiger partial charge in [0.25, 0.3) is 5.91 Å². The molecule has 8 heteroatoms. The van der Waals surface area contributed by atoms with Crippen molar-refractivity contribution in [2.75, 3.05) is 30.8 Å². The van der Waals surface area contributed by atoms with E-state index in [1.807, 2.05) is 19.1 Å². The Hall–Kier alpha value is -3.94. The zero-order valence-corrected chi connectivity index (χ0v) is 16.8. The van der Waals surface area contributed by atoms with Crippen molar-refractivity contribution in [3.8, 4) is 5.75 Å². The summed E-state index contributed by atoms with van der Waals surface area (Å²) in [7, 11) is 1.54. The lowest BCUT2D eigenvalue weighted by atomic mass is 10.1. The van der Waals surface area contributed by atoms with Gasteiger partial charge in [0, 0.05) is 30.2 Å². The zero-order valence-electron chi connectivity index (χ0n) is 16.8. The second-order valence-electron chi connectivity index (χ2n) is 6.35. The number of amides is 2. The molecule has 0 aliphatic heterocycles. The third-order valence-electron chi connectivity index (χ3n) is 4.32. The molecule has 0 spiro atoms. The Morgan fingerprint density at radius 2 is 1.80 bits per heavy atom. The van der Waals surface area contributed by atoms with E-state index in [4.69, 9.17) is 4.74 Å². The van der Waals surface area contributed by atoms with Gasteiger partial charge >= 0.3 is 0 Å². The second kappa shape index (κ2) is 10.0. The van der Waals surface area contributed by atoms with Crippen LogP contribution in [0.25, 0.3) is 0 Å². The highest BCUT2D eigenvalue weighted by molar-refractivity contribution is 6.00. The largest absolute Gasteiger partial charge is 0.495 e. The predicted octanol–water partition coefficient (Wildman–Crippen LogP) is 3.33. The number of nitrogens with zero attached hydrogens (tertiary/aromatic N) is 3. The minimum absolute atomic E-state index is 0.0766. The molecule has 2 N–H and O–H groups in total. The van der Waals surface area contributed by atoms with E-state index in [9.17, 15) is 9.59 Å². The SMILES string of the molecule is CCN(CC(=O)Nc1ccccc1OC)C(=O)c1cccc(Nc2ncccn2)c1. The number of ether oxygens (including phenoxy) is 1. The van der Waals surface area contributed by atoms with Crippen molar-refractivity contribution in [3.05, 3.63) is 72.6 Å². The van der Waals surface area contributed by atoms with Crippen molar-refractivity contribution in [2.24, 2.45) is 0 Å². The third kappa shape index (κ3) is 5.32. The van der Waals surface area contributed by atoms with E-state index in [2.05, 4.69) is 20.6 Å². The van der Waals surface area contributed by atoms with E-state index >= 15 is 0 Å². The van der Waals surface area contributed by atoms with E-state index in [-0.39, 0.29) is 18.4 Å². The number of benzene rings is 2. The molecule has 0 fully saturated rings. The van der Waals surface area contributed by atoms with Gasteiger partial charge in [-0.05, 0) is 43.3 Å². The Bertz CT molecular complexity index is 1010. The van der Waals surface area contributed by atoms with Crippen molar-refractivity contribution >= 4 is 29.1 Å². The Morgan fingerprint density at radius 1 is 1.03 bits per heavy atom. The predicted molar refractivity (Wildman–Crippen MR) is 115 cm³/mol. The van der Waals surface area contributed by atoms with Crippen molar-refractivity contribution < 1.29 is 14.3 Å². The molecule has 0 saturated carbocycles. The van der Waals surface area contributed by atoms with Crippen LogP contribution in [0.4, 0.5) is 17.3 Å². The Kier molecular flexibility index (Phi) is 6.94. The molecule has 2 aromatic carbocycles. The molecule has 0 aliphatic rings. The first-order valence-electron chi connectivity index (χ1n) is 9.47. The van der Waals surface area contributed by atoms with Crippen LogP contribution in [0, 0.1) is 0 Å². The normalized spacial score (nSPS) is 10.2. The van der Waals surface area contributed by atoms with Crippen molar-refractivity contribution in [1.82, 2.24) is 14.9 Å². The molecular weight excluding hydrogens is 382 g/mol. The molecule has 0 bridgehead atoms. The topological polar surface area (TPSA) is 96.5 Å². The number of anilines is 3. The van der Waals surface area contributed by atoms with E-state index < -0.39 is 0 Å². The fourth-order valence-electron chi connectivity index (χ4n) is 2.84. The standard InChI is InChI=1S/C22H23N5O3/c1-3-27(15-20(28)26-18-10-4-5-11-19(18)30-2)21(29)16-8-6-9-17(14-16)25-22-23-12-7-13-24-22/h4-14H,3,15H2,1-2H3,(H,26,28)(H,23,24,25). The molecule has 0 saturated heterocycles. The average molecular weight is 405 g/mol. The lowest BCUT2D eigenvalue weighted by molar-refractivity contribution is -0.116. The lowest BCUT2D eigenvalue weighted by Gasteiger charge is -2.21. The van der Waals surface area contributed by atoms with Crippen molar-refractivity contribution in [2.45, 2.75) is 6.92 Å². The molecule has 2 amide bonds. The number of carbonyl (C=O) groups excluding carboxylic acids is 2. The van der Waals surface area contributed by atoms with Gasteiger partial charge in [-0.3, -0.25) is 9.59 Å². The van der Waals surface area contributed by atoms with Gasteiger partial charge in [-0.2, -0.15) is 0 Å². The van der Waals surface area contributed by atoms with Crippen LogP contribution in [0.2, 0.25) is 0 Å². The van der Waals surface area contributed by atoms with Gasteiger partial charge in [-0.1, -0.05) is 18.2 Å². The molecule has 3 aromatic rings. The molecule has 0 atom stereocenters. The molecule has 0 unspecified atom stereocenters. The van der Waals surface area contributed by atoms with Crippen LogP contribution in [-0.2, 0) is 4.79 Å². The number of nitrogens with one attached hydrogen (secondary N) is 2. The third-order valence-corrected chi connectivity index (χ3v) is 4.32. The molecule has 30 heavy (non-hydrogen) atoms. The Balaban J connectivity index is 1.68. The number of rotatable bonds is 8. The number of para-hydroxylation sites is 2. The maximum atomic E-state index is 13.0. The van der Waals surface area contributed by atoms with Gasteiger partial charge in [0.05, 0.1) is 12.8 Å². The molecule has 1 aromatic heterocycles. The van der Waals surface area contributed by atoms with Gasteiger partial charge < -0.3 is 20.3 Å². The summed E-state index contributed by atoms with van der Waals surface area (Å²) in [5.74, 6) is 0.444. The number of hydrogen-bond donors (Lipinski definition) is 2. The number of methoxy groups -OCH3 is 1. The zero-order chi connectivity index (χ0) is 21.3. The maximum Gasteiger partial charge on any atom is 0.254 e. The van der Waals surface area contributed by atoms with Crippen LogP contribution in [0.5, 0.6) is 5.75 Å². The summed E-state index contributed by atoms with van der Waals surface area (Å²) in [5, 5.41) is 5.85. The molecule has 154 valence electrons. The first-order chi connectivity index (χ1) is 14.6. The lowest BCUT2D eigenvalue weighted by Crippen LogP contribution is -2.37. The van der Waals surface area contributed by atoms with Crippen LogP contribution < -0.4 is 15.4 Å². The molecule has 3 rings (SSSR count). The summed E-state index contributed by atoms with van der Waals surface area (Å²) in [6.07, 6.45) is 3.26. The fourth-order valence-corrected chi connectivity index (χ4v) is 2.84. The van der Waals surface area contributed by atoms with E-state index in [0.717, 1.165) is 0 Å².